The van der Waals surface area contributed by atoms with Gasteiger partial charge in [-0.15, -0.1) is 0 Å². The van der Waals surface area contributed by atoms with Crippen LogP contribution in [0.2, 0.25) is 0 Å². The molecule has 0 saturated carbocycles. The van der Waals surface area contributed by atoms with Crippen molar-refractivity contribution in [1.82, 2.24) is 15.7 Å². The zero-order chi connectivity index (χ0) is 21.5. The number of nitrogens with zero attached hydrogens (tertiary/aromatic N) is 1. The van der Waals surface area contributed by atoms with E-state index in [-0.39, 0.29) is 0 Å². The number of rotatable bonds is 5. The van der Waals surface area contributed by atoms with Crippen molar-refractivity contribution in [3.05, 3.63) is 35.4 Å². The summed E-state index contributed by atoms with van der Waals surface area (Å²) in [6, 6.07) is 5.78. The largest absolute Gasteiger partial charge is 0.391 e. The summed E-state index contributed by atoms with van der Waals surface area (Å²) in [6.45, 7) is 5.00. The fourth-order valence-corrected chi connectivity index (χ4v) is 3.32. The molecule has 1 aromatic carbocycles. The lowest BCUT2D eigenvalue weighted by atomic mass is 10.1. The molecule has 3 rings (SSSR count). The third kappa shape index (κ3) is 5.59. The fraction of sp³-hybridized carbons (Fsp3) is 0.455. The predicted molar refractivity (Wildman–Crippen MR) is 108 cm³/mol. The second-order valence-electron chi connectivity index (χ2n) is 7.44. The lowest BCUT2D eigenvalue weighted by Gasteiger charge is -2.34. The van der Waals surface area contributed by atoms with Crippen molar-refractivity contribution >= 4 is 11.8 Å². The van der Waals surface area contributed by atoms with Crippen LogP contribution in [0.1, 0.15) is 29.3 Å². The van der Waals surface area contributed by atoms with Gasteiger partial charge in [-0.05, 0) is 56.0 Å². The lowest BCUT2D eigenvalue weighted by molar-refractivity contribution is -0.133. The summed E-state index contributed by atoms with van der Waals surface area (Å²) in [5.41, 5.74) is 2.43. The molecule has 0 radical (unpaired) electrons. The first kappa shape index (κ1) is 21.8. The second kappa shape index (κ2) is 10.2. The van der Waals surface area contributed by atoms with E-state index in [0.29, 0.717) is 23.1 Å². The molecule has 8 heteroatoms. The molecular formula is C22H25N3O5. The van der Waals surface area contributed by atoms with Crippen LogP contribution in [0.25, 0.3) is 0 Å². The molecule has 0 unspecified atom stereocenters. The van der Waals surface area contributed by atoms with Crippen LogP contribution in [0, 0.1) is 29.6 Å². The average molecular weight is 411 g/mol. The zero-order valence-electron chi connectivity index (χ0n) is 16.7. The van der Waals surface area contributed by atoms with Crippen molar-refractivity contribution in [3.8, 4) is 23.7 Å². The van der Waals surface area contributed by atoms with E-state index in [2.05, 4.69) is 33.9 Å². The molecule has 8 nitrogen and oxygen atoms in total. The molecule has 0 bridgehead atoms. The first-order valence-corrected chi connectivity index (χ1v) is 9.84. The molecule has 158 valence electrons. The van der Waals surface area contributed by atoms with Crippen molar-refractivity contribution in [2.45, 2.75) is 31.5 Å². The number of carbonyl (C=O) groups excluding carboxylic acids is 2. The van der Waals surface area contributed by atoms with Crippen LogP contribution in [0.3, 0.4) is 0 Å². The molecule has 30 heavy (non-hydrogen) atoms. The van der Waals surface area contributed by atoms with E-state index in [0.717, 1.165) is 32.7 Å². The molecule has 2 aliphatic heterocycles. The molecular weight excluding hydrogens is 386 g/mol. The Morgan fingerprint density at radius 3 is 2.57 bits per heavy atom. The number of aliphatic hydroxyl groups excluding tert-OH is 1. The quantitative estimate of drug-likeness (QED) is 0.302. The van der Waals surface area contributed by atoms with Crippen molar-refractivity contribution < 1.29 is 24.6 Å². The fourth-order valence-electron chi connectivity index (χ4n) is 3.32. The third-order valence-corrected chi connectivity index (χ3v) is 5.21. The molecule has 2 amide bonds. The predicted octanol–water partition coefficient (Wildman–Crippen LogP) is -0.253. The monoisotopic (exact) mass is 411 g/mol. The molecule has 0 aromatic heterocycles. The second-order valence-corrected chi connectivity index (χ2v) is 7.44. The highest BCUT2D eigenvalue weighted by Gasteiger charge is 2.31. The number of hydrogen-bond acceptors (Lipinski definition) is 6. The van der Waals surface area contributed by atoms with E-state index in [1.165, 1.54) is 12.4 Å². The Morgan fingerprint density at radius 2 is 1.97 bits per heavy atom. The summed E-state index contributed by atoms with van der Waals surface area (Å²) in [4.78, 5) is 26.2. The van der Waals surface area contributed by atoms with Crippen LogP contribution in [0.5, 0.6) is 0 Å². The van der Waals surface area contributed by atoms with Gasteiger partial charge in [0.1, 0.15) is 6.04 Å². The third-order valence-electron chi connectivity index (χ3n) is 5.21. The Hall–Kier alpha value is -2.88. The van der Waals surface area contributed by atoms with Crippen LogP contribution in [-0.4, -0.2) is 71.5 Å². The van der Waals surface area contributed by atoms with Gasteiger partial charge in [0.25, 0.3) is 11.8 Å². The van der Waals surface area contributed by atoms with Crippen molar-refractivity contribution in [3.63, 3.8) is 0 Å². The van der Waals surface area contributed by atoms with Crippen LogP contribution in [-0.2, 0) is 9.53 Å². The first-order valence-electron chi connectivity index (χ1n) is 9.84. The van der Waals surface area contributed by atoms with Gasteiger partial charge in [-0.2, -0.15) is 0 Å². The average Bonchev–Trinajstić information content (AvgIpc) is 3.15. The van der Waals surface area contributed by atoms with Gasteiger partial charge in [0.2, 0.25) is 0 Å². The maximum Gasteiger partial charge on any atom is 0.268 e. The van der Waals surface area contributed by atoms with E-state index in [1.807, 2.05) is 0 Å². The Labute approximate surface area is 175 Å². The summed E-state index contributed by atoms with van der Waals surface area (Å²) < 4.78 is 5.23. The van der Waals surface area contributed by atoms with Gasteiger partial charge < -0.3 is 15.2 Å². The number of carbonyl (C=O) groups is 2. The zero-order valence-corrected chi connectivity index (χ0v) is 16.7. The molecule has 0 spiro atoms. The van der Waals surface area contributed by atoms with E-state index in [4.69, 9.17) is 9.94 Å². The summed E-state index contributed by atoms with van der Waals surface area (Å²) >= 11 is 0. The molecule has 2 fully saturated rings. The van der Waals surface area contributed by atoms with Crippen LogP contribution >= 0.6 is 0 Å². The van der Waals surface area contributed by atoms with Gasteiger partial charge in [-0.3, -0.25) is 19.7 Å². The number of amides is 2. The molecule has 0 aliphatic carbocycles. The smallest absolute Gasteiger partial charge is 0.268 e. The molecule has 2 aliphatic rings. The normalized spacial score (nSPS) is 20.6. The molecule has 4 N–H and O–H groups in total. The highest BCUT2D eigenvalue weighted by atomic mass is 16.5. The van der Waals surface area contributed by atoms with Crippen molar-refractivity contribution in [2.24, 2.45) is 5.92 Å². The molecule has 1 aromatic rings. The number of benzene rings is 1. The summed E-state index contributed by atoms with van der Waals surface area (Å²) in [5.74, 6) is 10.8. The maximum absolute atomic E-state index is 12.2. The molecule has 2 saturated heterocycles. The SMILES string of the molecule is C[C@@H](O)[C@H](NC(=O)c1ccc(C#CC#C[C@@H]2CCN(C3COC3)C2)cc1)C(=O)NO. The van der Waals surface area contributed by atoms with Gasteiger partial charge in [0.15, 0.2) is 0 Å². The minimum absolute atomic E-state index is 0.300. The van der Waals surface area contributed by atoms with E-state index >= 15 is 0 Å². The number of hydrogen-bond donors (Lipinski definition) is 4. The number of nitrogens with one attached hydrogen (secondary N) is 2. The van der Waals surface area contributed by atoms with Crippen molar-refractivity contribution in [2.75, 3.05) is 26.3 Å². The van der Waals surface area contributed by atoms with Crippen molar-refractivity contribution in [1.29, 1.82) is 0 Å². The van der Waals surface area contributed by atoms with Gasteiger partial charge >= 0.3 is 0 Å². The molecule has 2 heterocycles. The van der Waals surface area contributed by atoms with E-state index in [1.54, 1.807) is 24.3 Å². The van der Waals surface area contributed by atoms with Gasteiger partial charge in [0.05, 0.1) is 25.4 Å². The summed E-state index contributed by atoms with van der Waals surface area (Å²) in [5, 5.41) is 20.7. The Kier molecular flexibility index (Phi) is 7.45. The Balaban J connectivity index is 1.53. The van der Waals surface area contributed by atoms with E-state index < -0.39 is 24.0 Å². The Bertz CT molecular complexity index is 887. The minimum Gasteiger partial charge on any atom is -0.391 e. The van der Waals surface area contributed by atoms with Crippen LogP contribution < -0.4 is 10.8 Å². The number of hydroxylamine groups is 1. The number of likely N-dealkylation sites (tertiary alicyclic amines) is 1. The Morgan fingerprint density at radius 1 is 1.23 bits per heavy atom. The standard InChI is InChI=1S/C22H25N3O5/c1-15(26)20(22(28)24-29)23-21(27)18-8-6-16(7-9-18)4-2-3-5-17-10-11-25(12-17)19-13-30-14-19/h6-9,15,17,19-20,26,29H,10-14H2,1H3,(H,23,27)(H,24,28)/t15-,17-,20+/m1/s1. The number of ether oxygens (including phenoxy) is 1. The highest BCUT2D eigenvalue weighted by Crippen LogP contribution is 2.21. The molecule has 3 atom stereocenters. The minimum atomic E-state index is -1.26. The summed E-state index contributed by atoms with van der Waals surface area (Å²) in [7, 11) is 0. The summed E-state index contributed by atoms with van der Waals surface area (Å²) in [6.07, 6.45) is -0.115. The topological polar surface area (TPSA) is 111 Å². The maximum atomic E-state index is 12.2. The van der Waals surface area contributed by atoms with Crippen LogP contribution in [0.4, 0.5) is 0 Å². The lowest BCUT2D eigenvalue weighted by Crippen LogP contribution is -2.51. The van der Waals surface area contributed by atoms with Gasteiger partial charge in [-0.25, -0.2) is 5.48 Å². The van der Waals surface area contributed by atoms with E-state index in [9.17, 15) is 14.7 Å². The number of aliphatic hydroxyl groups is 1. The first-order chi connectivity index (χ1) is 14.5. The van der Waals surface area contributed by atoms with Gasteiger partial charge in [0, 0.05) is 23.6 Å². The highest BCUT2D eigenvalue weighted by molar-refractivity contribution is 5.97. The van der Waals surface area contributed by atoms with Crippen LogP contribution in [0.15, 0.2) is 24.3 Å². The van der Waals surface area contributed by atoms with Gasteiger partial charge in [-0.1, -0.05) is 11.8 Å².